The SMILES string of the molecule is C=C(CNC(C)(C)C)CN1C(=O)CSC1=O. The van der Waals surface area contributed by atoms with Crippen LogP contribution in [0.2, 0.25) is 0 Å². The second-order valence-corrected chi connectivity index (χ2v) is 5.81. The number of hydrogen-bond donors (Lipinski definition) is 1. The molecule has 1 rings (SSSR count). The molecule has 0 atom stereocenters. The molecule has 0 bridgehead atoms. The summed E-state index contributed by atoms with van der Waals surface area (Å²) in [5.41, 5.74) is 0.857. The zero-order chi connectivity index (χ0) is 12.3. The van der Waals surface area contributed by atoms with Gasteiger partial charge in [0, 0.05) is 12.1 Å². The van der Waals surface area contributed by atoms with Crippen molar-refractivity contribution in [3.05, 3.63) is 12.2 Å². The van der Waals surface area contributed by atoms with Gasteiger partial charge in [-0.2, -0.15) is 0 Å². The number of carbonyl (C=O) groups excluding carboxylic acids is 2. The maximum absolute atomic E-state index is 11.3. The van der Waals surface area contributed by atoms with Crippen molar-refractivity contribution >= 4 is 22.9 Å². The third-order valence-electron chi connectivity index (χ3n) is 2.09. The van der Waals surface area contributed by atoms with Crippen LogP contribution in [0.1, 0.15) is 20.8 Å². The van der Waals surface area contributed by atoms with Crippen LogP contribution in [-0.4, -0.2) is 40.4 Å². The normalized spacial score (nSPS) is 17.1. The van der Waals surface area contributed by atoms with Crippen LogP contribution < -0.4 is 5.32 Å². The number of nitrogens with one attached hydrogen (secondary N) is 1. The molecule has 0 radical (unpaired) electrons. The van der Waals surface area contributed by atoms with E-state index in [4.69, 9.17) is 0 Å². The summed E-state index contributed by atoms with van der Waals surface area (Å²) in [5, 5.41) is 3.10. The van der Waals surface area contributed by atoms with E-state index in [-0.39, 0.29) is 22.4 Å². The Morgan fingerprint density at radius 1 is 1.50 bits per heavy atom. The zero-order valence-electron chi connectivity index (χ0n) is 10.0. The lowest BCUT2D eigenvalue weighted by atomic mass is 10.1. The molecule has 1 fully saturated rings. The smallest absolute Gasteiger partial charge is 0.289 e. The van der Waals surface area contributed by atoms with Crippen LogP contribution in [0.4, 0.5) is 4.79 Å². The number of rotatable bonds is 4. The van der Waals surface area contributed by atoms with Gasteiger partial charge in [0.25, 0.3) is 5.24 Å². The van der Waals surface area contributed by atoms with Gasteiger partial charge in [-0.3, -0.25) is 14.5 Å². The summed E-state index contributed by atoms with van der Waals surface area (Å²) in [6.45, 7) is 11.0. The standard InChI is InChI=1S/C11H18N2O2S/c1-8(5-12-11(2,3)4)6-13-9(14)7-16-10(13)15/h12H,1,5-7H2,2-4H3. The molecule has 1 aliphatic rings. The van der Waals surface area contributed by atoms with Gasteiger partial charge < -0.3 is 5.32 Å². The zero-order valence-corrected chi connectivity index (χ0v) is 10.8. The van der Waals surface area contributed by atoms with Crippen LogP contribution in [0.5, 0.6) is 0 Å². The summed E-state index contributed by atoms with van der Waals surface area (Å²) in [7, 11) is 0. The molecule has 4 nitrogen and oxygen atoms in total. The fraction of sp³-hybridized carbons (Fsp3) is 0.636. The molecule has 0 aromatic rings. The second kappa shape index (κ2) is 5.01. The molecule has 16 heavy (non-hydrogen) atoms. The molecule has 1 N–H and O–H groups in total. The molecule has 2 amide bonds. The number of hydrogen-bond acceptors (Lipinski definition) is 4. The van der Waals surface area contributed by atoms with E-state index in [9.17, 15) is 9.59 Å². The molecular weight excluding hydrogens is 224 g/mol. The molecule has 0 unspecified atom stereocenters. The molecular formula is C11H18N2O2S. The molecule has 0 aromatic heterocycles. The van der Waals surface area contributed by atoms with Crippen LogP contribution in [0.15, 0.2) is 12.2 Å². The van der Waals surface area contributed by atoms with Gasteiger partial charge in [0.05, 0.1) is 12.3 Å². The van der Waals surface area contributed by atoms with Crippen molar-refractivity contribution in [1.29, 1.82) is 0 Å². The summed E-state index contributed by atoms with van der Waals surface area (Å²) in [5.74, 6) is 0.144. The first-order valence-corrected chi connectivity index (χ1v) is 6.17. The fourth-order valence-electron chi connectivity index (χ4n) is 1.20. The number of carbonyl (C=O) groups is 2. The highest BCUT2D eigenvalue weighted by atomic mass is 32.2. The lowest BCUT2D eigenvalue weighted by Gasteiger charge is -2.22. The van der Waals surface area contributed by atoms with E-state index in [0.29, 0.717) is 13.1 Å². The highest BCUT2D eigenvalue weighted by Gasteiger charge is 2.29. The first kappa shape index (κ1) is 13.3. The van der Waals surface area contributed by atoms with Crippen LogP contribution in [0, 0.1) is 0 Å². The minimum atomic E-state index is -0.165. The van der Waals surface area contributed by atoms with Crippen LogP contribution in [0.25, 0.3) is 0 Å². The molecule has 0 aliphatic carbocycles. The van der Waals surface area contributed by atoms with Gasteiger partial charge in [-0.25, -0.2) is 0 Å². The monoisotopic (exact) mass is 242 g/mol. The van der Waals surface area contributed by atoms with Crippen molar-refractivity contribution in [1.82, 2.24) is 10.2 Å². The largest absolute Gasteiger partial charge is 0.308 e. The van der Waals surface area contributed by atoms with Crippen molar-refractivity contribution in [2.75, 3.05) is 18.8 Å². The Hall–Kier alpha value is -0.810. The molecule has 0 spiro atoms. The summed E-state index contributed by atoms with van der Waals surface area (Å²) >= 11 is 1.06. The quantitative estimate of drug-likeness (QED) is 0.761. The minimum absolute atomic E-state index is 0.0106. The van der Waals surface area contributed by atoms with Crippen LogP contribution in [0.3, 0.4) is 0 Å². The molecule has 0 saturated carbocycles. The maximum Gasteiger partial charge on any atom is 0.289 e. The first-order chi connectivity index (χ1) is 7.29. The Morgan fingerprint density at radius 2 is 2.12 bits per heavy atom. The third-order valence-corrected chi connectivity index (χ3v) is 2.95. The number of nitrogens with zero attached hydrogens (tertiary/aromatic N) is 1. The van der Waals surface area contributed by atoms with Crippen molar-refractivity contribution in [2.45, 2.75) is 26.3 Å². The van der Waals surface area contributed by atoms with Crippen molar-refractivity contribution < 1.29 is 9.59 Å². The highest BCUT2D eigenvalue weighted by Crippen LogP contribution is 2.19. The summed E-state index contributed by atoms with van der Waals surface area (Å²) < 4.78 is 0. The van der Waals surface area contributed by atoms with Gasteiger partial charge in [-0.1, -0.05) is 18.3 Å². The topological polar surface area (TPSA) is 49.4 Å². The minimum Gasteiger partial charge on any atom is -0.308 e. The van der Waals surface area contributed by atoms with Gasteiger partial charge in [0.15, 0.2) is 0 Å². The van der Waals surface area contributed by atoms with E-state index >= 15 is 0 Å². The van der Waals surface area contributed by atoms with Crippen molar-refractivity contribution in [2.24, 2.45) is 0 Å². The number of thioether (sulfide) groups is 1. The van der Waals surface area contributed by atoms with E-state index in [1.165, 1.54) is 4.90 Å². The molecule has 1 saturated heterocycles. The first-order valence-electron chi connectivity index (χ1n) is 5.18. The predicted octanol–water partition coefficient (Wildman–Crippen LogP) is 1.63. The Kier molecular flexibility index (Phi) is 4.15. The van der Waals surface area contributed by atoms with E-state index in [1.807, 2.05) is 0 Å². The summed E-state index contributed by atoms with van der Waals surface area (Å²) in [6, 6.07) is 0. The lowest BCUT2D eigenvalue weighted by molar-refractivity contribution is -0.124. The van der Waals surface area contributed by atoms with Gasteiger partial charge in [0.2, 0.25) is 5.91 Å². The molecule has 5 heteroatoms. The molecule has 90 valence electrons. The number of imide groups is 1. The van der Waals surface area contributed by atoms with E-state index in [1.54, 1.807) is 0 Å². The van der Waals surface area contributed by atoms with Crippen molar-refractivity contribution in [3.8, 4) is 0 Å². The Labute approximate surface area is 100 Å². The predicted molar refractivity (Wildman–Crippen MR) is 66.5 cm³/mol. The highest BCUT2D eigenvalue weighted by molar-refractivity contribution is 8.14. The van der Waals surface area contributed by atoms with Crippen molar-refractivity contribution in [3.63, 3.8) is 0 Å². The number of amides is 2. The average molecular weight is 242 g/mol. The van der Waals surface area contributed by atoms with E-state index < -0.39 is 0 Å². The Bertz CT molecular complexity index is 304. The summed E-state index contributed by atoms with van der Waals surface area (Å²) in [6.07, 6.45) is 0. The maximum atomic E-state index is 11.3. The Morgan fingerprint density at radius 3 is 2.56 bits per heavy atom. The second-order valence-electron chi connectivity index (χ2n) is 4.89. The summed E-state index contributed by atoms with van der Waals surface area (Å²) in [4.78, 5) is 23.9. The van der Waals surface area contributed by atoms with E-state index in [2.05, 4.69) is 32.7 Å². The van der Waals surface area contributed by atoms with Gasteiger partial charge in [-0.05, 0) is 26.3 Å². The van der Waals surface area contributed by atoms with E-state index in [0.717, 1.165) is 17.3 Å². The fourth-order valence-corrected chi connectivity index (χ4v) is 1.93. The van der Waals surface area contributed by atoms with Gasteiger partial charge in [-0.15, -0.1) is 0 Å². The third kappa shape index (κ3) is 3.98. The molecule has 0 aromatic carbocycles. The van der Waals surface area contributed by atoms with Gasteiger partial charge in [0.1, 0.15) is 0 Å². The average Bonchev–Trinajstić information content (AvgIpc) is 2.45. The van der Waals surface area contributed by atoms with Gasteiger partial charge >= 0.3 is 0 Å². The lowest BCUT2D eigenvalue weighted by Crippen LogP contribution is -2.39. The van der Waals surface area contributed by atoms with Crippen LogP contribution >= 0.6 is 11.8 Å². The Balaban J connectivity index is 2.40. The van der Waals surface area contributed by atoms with Crippen LogP contribution in [-0.2, 0) is 4.79 Å². The molecule has 1 aliphatic heterocycles. The molecule has 1 heterocycles.